The second-order valence-corrected chi connectivity index (χ2v) is 11.5. The largest absolute Gasteiger partial charge is 0.372 e. The Bertz CT molecular complexity index is 710. The molecule has 0 unspecified atom stereocenters. The van der Waals surface area contributed by atoms with Crippen molar-refractivity contribution in [3.8, 4) is 0 Å². The number of nitrogens with zero attached hydrogens (tertiary/aromatic N) is 1. The van der Waals surface area contributed by atoms with E-state index in [9.17, 15) is 8.42 Å². The van der Waals surface area contributed by atoms with Crippen molar-refractivity contribution in [2.75, 3.05) is 23.7 Å². The first-order chi connectivity index (χ1) is 13.2. The molecule has 6 heteroatoms. The molecule has 0 radical (unpaired) electrons. The number of sulfone groups is 1. The van der Waals surface area contributed by atoms with Crippen LogP contribution in [0.15, 0.2) is 18.2 Å². The lowest BCUT2D eigenvalue weighted by atomic mass is 10.0. The molecular weight excluding hydrogens is 394 g/mol. The van der Waals surface area contributed by atoms with E-state index in [1.165, 1.54) is 5.56 Å². The van der Waals surface area contributed by atoms with Crippen molar-refractivity contribution in [3.05, 3.63) is 28.8 Å². The van der Waals surface area contributed by atoms with Gasteiger partial charge >= 0.3 is 0 Å². The average Bonchev–Trinajstić information content (AvgIpc) is 2.60. The zero-order valence-corrected chi connectivity index (χ0v) is 19.4. The summed E-state index contributed by atoms with van der Waals surface area (Å²) in [5.74, 6) is 0.320. The van der Waals surface area contributed by atoms with Gasteiger partial charge in [-0.25, -0.2) is 8.42 Å². The molecule has 0 amide bonds. The molecule has 1 fully saturated rings. The minimum Gasteiger partial charge on any atom is -0.372 e. The molecule has 0 spiro atoms. The van der Waals surface area contributed by atoms with Crippen molar-refractivity contribution < 1.29 is 13.2 Å². The number of anilines is 1. The zero-order chi connectivity index (χ0) is 20.7. The molecule has 0 aromatic heterocycles. The Morgan fingerprint density at radius 2 is 1.68 bits per heavy atom. The smallest absolute Gasteiger partial charge is 0.152 e. The number of hydrogen-bond acceptors (Lipinski definition) is 4. The summed E-state index contributed by atoms with van der Waals surface area (Å²) in [7, 11) is -2.89. The van der Waals surface area contributed by atoms with Crippen molar-refractivity contribution in [2.24, 2.45) is 0 Å². The van der Waals surface area contributed by atoms with Gasteiger partial charge < -0.3 is 9.64 Å². The summed E-state index contributed by atoms with van der Waals surface area (Å²) in [6.45, 7) is 9.45. The summed E-state index contributed by atoms with van der Waals surface area (Å²) in [5, 5.41) is 0.557. The minimum absolute atomic E-state index is 0.218. The lowest BCUT2D eigenvalue weighted by Crippen LogP contribution is -2.45. The van der Waals surface area contributed by atoms with Gasteiger partial charge in [-0.1, -0.05) is 36.9 Å². The number of unbranched alkanes of at least 4 members (excludes halogenated alkanes) is 4. The molecule has 1 aromatic carbocycles. The van der Waals surface area contributed by atoms with Crippen molar-refractivity contribution in [1.82, 2.24) is 0 Å². The van der Waals surface area contributed by atoms with Crippen LogP contribution in [0.5, 0.6) is 0 Å². The second-order valence-electron chi connectivity index (χ2n) is 8.38. The maximum Gasteiger partial charge on any atom is 0.152 e. The van der Waals surface area contributed by atoms with Gasteiger partial charge in [0, 0.05) is 13.1 Å². The highest BCUT2D eigenvalue weighted by atomic mass is 35.5. The Hall–Kier alpha value is -0.780. The fourth-order valence-corrected chi connectivity index (χ4v) is 5.14. The predicted molar refractivity (Wildman–Crippen MR) is 119 cm³/mol. The Morgan fingerprint density at radius 1 is 1.07 bits per heavy atom. The fraction of sp³-hybridized carbons (Fsp3) is 0.727. The SMILES string of the molecule is CC(C)S(=O)(=O)CCCCCCCc1ccc(N2C[C@@H](C)O[C@@H](C)C2)c(Cl)c1. The minimum atomic E-state index is -2.89. The maximum absolute atomic E-state index is 11.8. The lowest BCUT2D eigenvalue weighted by molar-refractivity contribution is -0.00521. The van der Waals surface area contributed by atoms with E-state index < -0.39 is 9.84 Å². The molecule has 2 rings (SSSR count). The number of hydrogen-bond donors (Lipinski definition) is 0. The van der Waals surface area contributed by atoms with Crippen LogP contribution < -0.4 is 4.90 Å². The van der Waals surface area contributed by atoms with Gasteiger partial charge in [-0.05, 0) is 64.7 Å². The van der Waals surface area contributed by atoms with E-state index in [1.807, 2.05) is 0 Å². The van der Waals surface area contributed by atoms with Crippen molar-refractivity contribution in [3.63, 3.8) is 0 Å². The lowest BCUT2D eigenvalue weighted by Gasteiger charge is -2.37. The van der Waals surface area contributed by atoms with Crippen LogP contribution in [0.25, 0.3) is 0 Å². The third-order valence-corrected chi connectivity index (χ3v) is 7.98. The van der Waals surface area contributed by atoms with Crippen molar-refractivity contribution >= 4 is 27.1 Å². The van der Waals surface area contributed by atoms with E-state index in [1.54, 1.807) is 13.8 Å². The summed E-state index contributed by atoms with van der Waals surface area (Å²) in [5.41, 5.74) is 2.37. The van der Waals surface area contributed by atoms with Crippen LogP contribution in [0.3, 0.4) is 0 Å². The highest BCUT2D eigenvalue weighted by Gasteiger charge is 2.23. The molecule has 1 aliphatic heterocycles. The molecule has 4 nitrogen and oxygen atoms in total. The number of rotatable bonds is 10. The van der Waals surface area contributed by atoms with E-state index >= 15 is 0 Å². The van der Waals surface area contributed by atoms with Gasteiger partial charge in [0.2, 0.25) is 0 Å². The van der Waals surface area contributed by atoms with E-state index in [2.05, 4.69) is 36.9 Å². The standard InChI is InChI=1S/C22H36ClNO3S/c1-17(2)28(25,26)13-9-7-5-6-8-10-20-11-12-22(21(23)14-20)24-15-18(3)27-19(4)16-24/h11-12,14,17-19H,5-10,13,15-16H2,1-4H3/t18-,19+. The summed E-state index contributed by atoms with van der Waals surface area (Å²) >= 11 is 6.57. The highest BCUT2D eigenvalue weighted by molar-refractivity contribution is 7.91. The van der Waals surface area contributed by atoms with Gasteiger partial charge in [-0.2, -0.15) is 0 Å². The second kappa shape index (κ2) is 10.8. The normalized spacial score (nSPS) is 20.7. The van der Waals surface area contributed by atoms with E-state index in [-0.39, 0.29) is 17.5 Å². The van der Waals surface area contributed by atoms with Crippen molar-refractivity contribution in [2.45, 2.75) is 83.7 Å². The number of benzene rings is 1. The first-order valence-electron chi connectivity index (χ1n) is 10.6. The topological polar surface area (TPSA) is 46.6 Å². The average molecular weight is 430 g/mol. The predicted octanol–water partition coefficient (Wildman–Crippen LogP) is 5.27. The van der Waals surface area contributed by atoms with Crippen LogP contribution in [0, 0.1) is 0 Å². The third-order valence-electron chi connectivity index (χ3n) is 5.38. The van der Waals surface area contributed by atoms with Crippen LogP contribution in [-0.4, -0.2) is 44.7 Å². The number of aryl methyl sites for hydroxylation is 1. The van der Waals surface area contributed by atoms with Crippen LogP contribution >= 0.6 is 11.6 Å². The van der Waals surface area contributed by atoms with E-state index in [0.717, 1.165) is 62.3 Å². The number of ether oxygens (including phenoxy) is 1. The third kappa shape index (κ3) is 7.23. The first-order valence-corrected chi connectivity index (χ1v) is 12.7. The fourth-order valence-electron chi connectivity index (χ4n) is 3.74. The highest BCUT2D eigenvalue weighted by Crippen LogP contribution is 2.30. The molecule has 1 aromatic rings. The van der Waals surface area contributed by atoms with Crippen LogP contribution in [0.2, 0.25) is 5.02 Å². The Labute approximate surface area is 176 Å². The van der Waals surface area contributed by atoms with Crippen LogP contribution in [-0.2, 0) is 21.0 Å². The van der Waals surface area contributed by atoms with Crippen LogP contribution in [0.1, 0.15) is 65.4 Å². The molecule has 0 aliphatic carbocycles. The summed E-state index contributed by atoms with van der Waals surface area (Å²) < 4.78 is 29.4. The zero-order valence-electron chi connectivity index (χ0n) is 17.8. The molecule has 2 atom stereocenters. The monoisotopic (exact) mass is 429 g/mol. The van der Waals surface area contributed by atoms with Gasteiger partial charge in [0.05, 0.1) is 33.9 Å². The van der Waals surface area contributed by atoms with Gasteiger partial charge in [0.15, 0.2) is 9.84 Å². The molecule has 0 saturated carbocycles. The molecule has 1 heterocycles. The molecule has 0 N–H and O–H groups in total. The first kappa shape index (κ1) is 23.5. The maximum atomic E-state index is 11.8. The Kier molecular flexibility index (Phi) is 9.10. The molecule has 28 heavy (non-hydrogen) atoms. The number of morpholine rings is 1. The number of halogens is 1. The molecular formula is C22H36ClNO3S. The van der Waals surface area contributed by atoms with Gasteiger partial charge in [-0.3, -0.25) is 0 Å². The van der Waals surface area contributed by atoms with Gasteiger partial charge in [0.25, 0.3) is 0 Å². The summed E-state index contributed by atoms with van der Waals surface area (Å²) in [4.78, 5) is 2.32. The van der Waals surface area contributed by atoms with E-state index in [0.29, 0.717) is 5.75 Å². The molecule has 1 saturated heterocycles. The molecule has 1 aliphatic rings. The molecule has 160 valence electrons. The van der Waals surface area contributed by atoms with Gasteiger partial charge in [-0.15, -0.1) is 0 Å². The van der Waals surface area contributed by atoms with Crippen molar-refractivity contribution in [1.29, 1.82) is 0 Å². The summed E-state index contributed by atoms with van der Waals surface area (Å²) in [6, 6.07) is 6.41. The van der Waals surface area contributed by atoms with E-state index in [4.69, 9.17) is 16.3 Å². The van der Waals surface area contributed by atoms with Gasteiger partial charge in [0.1, 0.15) is 0 Å². The Morgan fingerprint density at radius 3 is 2.29 bits per heavy atom. The summed E-state index contributed by atoms with van der Waals surface area (Å²) in [6.07, 6.45) is 6.53. The molecule has 0 bridgehead atoms. The Balaban J connectivity index is 1.72. The van der Waals surface area contributed by atoms with Crippen LogP contribution in [0.4, 0.5) is 5.69 Å². The quantitative estimate of drug-likeness (QED) is 0.475.